The standard InChI is InChI=1S/C13H13ClN4O2S/c1-2-21-13-17-10(15)9(12(20)18-13)16-11(19)7-3-5-8(14)6-4-7/h3-6H,2H2,1H3,(H,16,19)(H3,15,17,18,20). The van der Waals surface area contributed by atoms with Crippen molar-refractivity contribution in [3.63, 3.8) is 0 Å². The summed E-state index contributed by atoms with van der Waals surface area (Å²) in [5, 5.41) is 3.40. The lowest BCUT2D eigenvalue weighted by atomic mass is 10.2. The fourth-order valence-corrected chi connectivity index (χ4v) is 2.31. The Hall–Kier alpha value is -1.99. The van der Waals surface area contributed by atoms with Crippen LogP contribution in [0.25, 0.3) is 0 Å². The average molecular weight is 325 g/mol. The lowest BCUT2D eigenvalue weighted by Gasteiger charge is -2.08. The number of amides is 1. The first-order valence-corrected chi connectivity index (χ1v) is 7.47. The van der Waals surface area contributed by atoms with E-state index in [4.69, 9.17) is 17.3 Å². The molecule has 2 aromatic rings. The number of aromatic nitrogens is 2. The minimum Gasteiger partial charge on any atom is -0.382 e. The Morgan fingerprint density at radius 1 is 1.43 bits per heavy atom. The third-order valence-corrected chi connectivity index (χ3v) is 3.56. The summed E-state index contributed by atoms with van der Waals surface area (Å²) in [5.74, 6) is 0.275. The van der Waals surface area contributed by atoms with E-state index >= 15 is 0 Å². The molecule has 0 atom stereocenters. The second-order valence-electron chi connectivity index (χ2n) is 4.03. The van der Waals surface area contributed by atoms with Crippen LogP contribution in [0.15, 0.2) is 34.2 Å². The molecule has 21 heavy (non-hydrogen) atoms. The first-order chi connectivity index (χ1) is 10.0. The number of nitrogens with two attached hydrogens (primary N) is 1. The number of nitrogens with one attached hydrogen (secondary N) is 2. The first-order valence-electron chi connectivity index (χ1n) is 6.10. The molecule has 2 rings (SSSR count). The molecule has 110 valence electrons. The Bertz CT molecular complexity index is 715. The van der Waals surface area contributed by atoms with Crippen molar-refractivity contribution in [2.75, 3.05) is 16.8 Å². The number of aromatic amines is 1. The molecule has 0 saturated carbocycles. The largest absolute Gasteiger partial charge is 0.382 e. The summed E-state index contributed by atoms with van der Waals surface area (Å²) in [6.07, 6.45) is 0. The van der Waals surface area contributed by atoms with E-state index in [9.17, 15) is 9.59 Å². The van der Waals surface area contributed by atoms with Crippen LogP contribution in [-0.4, -0.2) is 21.6 Å². The van der Waals surface area contributed by atoms with Gasteiger partial charge < -0.3 is 11.1 Å². The molecule has 8 heteroatoms. The lowest BCUT2D eigenvalue weighted by Crippen LogP contribution is -2.23. The highest BCUT2D eigenvalue weighted by molar-refractivity contribution is 7.99. The van der Waals surface area contributed by atoms with Gasteiger partial charge in [0.1, 0.15) is 5.69 Å². The second kappa shape index (κ2) is 6.64. The van der Waals surface area contributed by atoms with E-state index in [2.05, 4.69) is 15.3 Å². The van der Waals surface area contributed by atoms with Gasteiger partial charge in [-0.2, -0.15) is 0 Å². The van der Waals surface area contributed by atoms with E-state index in [1.807, 2.05) is 6.92 Å². The fraction of sp³-hybridized carbons (Fsp3) is 0.154. The monoisotopic (exact) mass is 324 g/mol. The fourth-order valence-electron chi connectivity index (χ4n) is 1.58. The summed E-state index contributed by atoms with van der Waals surface area (Å²) in [7, 11) is 0. The minimum atomic E-state index is -0.485. The van der Waals surface area contributed by atoms with Crippen LogP contribution in [0.2, 0.25) is 5.02 Å². The van der Waals surface area contributed by atoms with Gasteiger partial charge in [-0.1, -0.05) is 30.3 Å². The van der Waals surface area contributed by atoms with Crippen molar-refractivity contribution in [2.24, 2.45) is 0 Å². The van der Waals surface area contributed by atoms with Crippen molar-refractivity contribution in [1.29, 1.82) is 0 Å². The van der Waals surface area contributed by atoms with Gasteiger partial charge in [0.2, 0.25) is 0 Å². The molecule has 0 aliphatic carbocycles. The number of nitrogen functional groups attached to an aromatic ring is 1. The average Bonchev–Trinajstić information content (AvgIpc) is 2.44. The molecular formula is C13H13ClN4O2S. The number of hydrogen-bond donors (Lipinski definition) is 3. The highest BCUT2D eigenvalue weighted by atomic mass is 35.5. The summed E-state index contributed by atoms with van der Waals surface area (Å²) < 4.78 is 0. The van der Waals surface area contributed by atoms with E-state index in [1.165, 1.54) is 11.8 Å². The van der Waals surface area contributed by atoms with Crippen molar-refractivity contribution in [1.82, 2.24) is 9.97 Å². The van der Waals surface area contributed by atoms with Crippen LogP contribution >= 0.6 is 23.4 Å². The number of nitrogens with zero attached hydrogens (tertiary/aromatic N) is 1. The van der Waals surface area contributed by atoms with Gasteiger partial charge in [-0.3, -0.25) is 14.6 Å². The Morgan fingerprint density at radius 3 is 2.67 bits per heavy atom. The van der Waals surface area contributed by atoms with Crippen LogP contribution in [0.3, 0.4) is 0 Å². The number of H-pyrrole nitrogens is 1. The molecule has 0 aliphatic rings. The summed E-state index contributed by atoms with van der Waals surface area (Å²) in [6.45, 7) is 1.93. The zero-order valence-corrected chi connectivity index (χ0v) is 12.7. The normalized spacial score (nSPS) is 10.4. The van der Waals surface area contributed by atoms with Crippen LogP contribution in [0, 0.1) is 0 Å². The summed E-state index contributed by atoms with van der Waals surface area (Å²) in [6, 6.07) is 6.28. The molecule has 0 aliphatic heterocycles. The maximum Gasteiger partial charge on any atom is 0.277 e. The molecule has 0 saturated heterocycles. The van der Waals surface area contributed by atoms with Crippen LogP contribution < -0.4 is 16.6 Å². The van der Waals surface area contributed by atoms with Crippen molar-refractivity contribution in [3.8, 4) is 0 Å². The SMILES string of the molecule is CCSc1nc(N)c(NC(=O)c2ccc(Cl)cc2)c(=O)[nH]1. The lowest BCUT2D eigenvalue weighted by molar-refractivity contribution is 0.102. The van der Waals surface area contributed by atoms with Gasteiger partial charge in [-0.05, 0) is 30.0 Å². The summed E-state index contributed by atoms with van der Waals surface area (Å²) >= 11 is 7.11. The zero-order chi connectivity index (χ0) is 15.4. The number of carbonyl (C=O) groups is 1. The Balaban J connectivity index is 2.25. The number of rotatable bonds is 4. The van der Waals surface area contributed by atoms with Gasteiger partial charge in [0, 0.05) is 10.6 Å². The quantitative estimate of drug-likeness (QED) is 0.592. The first kappa shape index (κ1) is 15.4. The number of benzene rings is 1. The second-order valence-corrected chi connectivity index (χ2v) is 5.71. The molecule has 0 spiro atoms. The molecule has 0 radical (unpaired) electrons. The molecule has 0 bridgehead atoms. The molecule has 0 unspecified atom stereocenters. The van der Waals surface area contributed by atoms with Gasteiger partial charge in [0.25, 0.3) is 11.5 Å². The third kappa shape index (κ3) is 3.77. The Kier molecular flexibility index (Phi) is 4.87. The maximum absolute atomic E-state index is 12.0. The van der Waals surface area contributed by atoms with Gasteiger partial charge in [-0.25, -0.2) is 4.98 Å². The smallest absolute Gasteiger partial charge is 0.277 e. The molecule has 1 heterocycles. The number of thioether (sulfide) groups is 1. The van der Waals surface area contributed by atoms with E-state index < -0.39 is 11.5 Å². The molecule has 6 nitrogen and oxygen atoms in total. The minimum absolute atomic E-state index is 0.0167. The number of halogens is 1. The summed E-state index contributed by atoms with van der Waals surface area (Å²) in [5.41, 5.74) is 5.54. The Morgan fingerprint density at radius 2 is 2.10 bits per heavy atom. The van der Waals surface area contributed by atoms with Crippen LogP contribution in [0.5, 0.6) is 0 Å². The van der Waals surface area contributed by atoms with Crippen molar-refractivity contribution in [3.05, 3.63) is 45.2 Å². The molecule has 0 fully saturated rings. The number of hydrogen-bond acceptors (Lipinski definition) is 5. The van der Waals surface area contributed by atoms with E-state index in [0.29, 0.717) is 15.7 Å². The zero-order valence-electron chi connectivity index (χ0n) is 11.1. The molecule has 1 aromatic carbocycles. The summed E-state index contributed by atoms with van der Waals surface area (Å²) in [4.78, 5) is 30.6. The number of carbonyl (C=O) groups excluding carboxylic acids is 1. The van der Waals surface area contributed by atoms with Crippen LogP contribution in [0.4, 0.5) is 11.5 Å². The van der Waals surface area contributed by atoms with Crippen molar-refractivity contribution in [2.45, 2.75) is 12.1 Å². The highest BCUT2D eigenvalue weighted by Crippen LogP contribution is 2.17. The highest BCUT2D eigenvalue weighted by Gasteiger charge is 2.13. The van der Waals surface area contributed by atoms with E-state index in [1.54, 1.807) is 24.3 Å². The third-order valence-electron chi connectivity index (χ3n) is 2.55. The van der Waals surface area contributed by atoms with Gasteiger partial charge in [0.15, 0.2) is 11.0 Å². The van der Waals surface area contributed by atoms with Gasteiger partial charge >= 0.3 is 0 Å². The van der Waals surface area contributed by atoms with Crippen molar-refractivity contribution >= 4 is 40.8 Å². The predicted octanol–water partition coefficient (Wildman–Crippen LogP) is 2.37. The maximum atomic E-state index is 12.0. The predicted molar refractivity (Wildman–Crippen MR) is 85.1 cm³/mol. The molecule has 4 N–H and O–H groups in total. The number of anilines is 2. The molecule has 1 amide bonds. The molecule has 1 aromatic heterocycles. The Labute approximate surface area is 130 Å². The van der Waals surface area contributed by atoms with Crippen LogP contribution in [0.1, 0.15) is 17.3 Å². The van der Waals surface area contributed by atoms with Crippen molar-refractivity contribution < 1.29 is 4.79 Å². The van der Waals surface area contributed by atoms with Crippen LogP contribution in [-0.2, 0) is 0 Å². The van der Waals surface area contributed by atoms with E-state index in [0.717, 1.165) is 5.75 Å². The van der Waals surface area contributed by atoms with Gasteiger partial charge in [-0.15, -0.1) is 0 Å². The molecular weight excluding hydrogens is 312 g/mol. The van der Waals surface area contributed by atoms with E-state index in [-0.39, 0.29) is 11.5 Å². The topological polar surface area (TPSA) is 101 Å². The van der Waals surface area contributed by atoms with Gasteiger partial charge in [0.05, 0.1) is 0 Å².